The van der Waals surface area contributed by atoms with Crippen LogP contribution >= 0.6 is 11.3 Å². The number of benzene rings is 1. The average Bonchev–Trinajstić information content (AvgIpc) is 3.10. The second-order valence-corrected chi connectivity index (χ2v) is 6.91. The Balaban J connectivity index is 1.92. The maximum Gasteiger partial charge on any atom is 0.346 e. The van der Waals surface area contributed by atoms with Gasteiger partial charge in [0, 0.05) is 6.54 Å². The van der Waals surface area contributed by atoms with E-state index in [0.29, 0.717) is 40.1 Å². The summed E-state index contributed by atoms with van der Waals surface area (Å²) in [5, 5.41) is 9.64. The molecule has 0 radical (unpaired) electrons. The third kappa shape index (κ3) is 2.47. The molecule has 7 heteroatoms. The number of fused-ring (bicyclic) bond motifs is 2. The summed E-state index contributed by atoms with van der Waals surface area (Å²) < 4.78 is 14.9. The lowest BCUT2D eigenvalue weighted by Crippen LogP contribution is -2.20. The zero-order valence-corrected chi connectivity index (χ0v) is 14.1. The zero-order chi connectivity index (χ0) is 17.7. The fraction of sp³-hybridized carbons (Fsp3) is 0.167. The summed E-state index contributed by atoms with van der Waals surface area (Å²) in [5.74, 6) is -0.853. The van der Waals surface area contributed by atoms with Gasteiger partial charge in [-0.2, -0.15) is 0 Å². The van der Waals surface area contributed by atoms with Gasteiger partial charge in [0.1, 0.15) is 21.3 Å². The van der Waals surface area contributed by atoms with E-state index in [1.165, 1.54) is 12.1 Å². The number of halogens is 1. The Bertz CT molecular complexity index is 1130. The van der Waals surface area contributed by atoms with Gasteiger partial charge in [-0.25, -0.2) is 14.2 Å². The second-order valence-electron chi connectivity index (χ2n) is 5.91. The van der Waals surface area contributed by atoms with Gasteiger partial charge in [-0.15, -0.1) is 11.3 Å². The van der Waals surface area contributed by atoms with Crippen LogP contribution in [0.3, 0.4) is 0 Å². The van der Waals surface area contributed by atoms with E-state index in [9.17, 15) is 19.1 Å². The number of thiophene rings is 1. The minimum absolute atomic E-state index is 0.138. The second kappa shape index (κ2) is 5.63. The smallest absolute Gasteiger partial charge is 0.346 e. The minimum atomic E-state index is -1.06. The summed E-state index contributed by atoms with van der Waals surface area (Å²) >= 11 is 1.01. The molecular weight excluding hydrogens is 343 g/mol. The Morgan fingerprint density at radius 2 is 2.24 bits per heavy atom. The van der Waals surface area contributed by atoms with Crippen LogP contribution in [0, 0.1) is 12.7 Å². The molecule has 126 valence electrons. The Labute approximate surface area is 145 Å². The van der Waals surface area contributed by atoms with Crippen molar-refractivity contribution in [1.82, 2.24) is 9.55 Å². The van der Waals surface area contributed by atoms with Crippen LogP contribution < -0.4 is 5.56 Å². The number of nitrogens with zero attached hydrogens (tertiary/aromatic N) is 2. The summed E-state index contributed by atoms with van der Waals surface area (Å²) in [6, 6.07) is 6.21. The molecule has 3 aromatic rings. The lowest BCUT2D eigenvalue weighted by molar-refractivity contribution is 0.0701. The SMILES string of the molecule is Cc1c(C(=O)O)sc2nc3n(c(=O)c12)CC/C3=C\c1cccc(F)c1. The Hall–Kier alpha value is -2.80. The number of hydrogen-bond acceptors (Lipinski definition) is 4. The molecule has 1 aliphatic rings. The summed E-state index contributed by atoms with van der Waals surface area (Å²) in [6.45, 7) is 2.12. The molecule has 25 heavy (non-hydrogen) atoms. The highest BCUT2D eigenvalue weighted by molar-refractivity contribution is 7.20. The van der Waals surface area contributed by atoms with Gasteiger partial charge >= 0.3 is 5.97 Å². The van der Waals surface area contributed by atoms with Crippen LogP contribution in [0.2, 0.25) is 0 Å². The Morgan fingerprint density at radius 3 is 2.96 bits per heavy atom. The number of rotatable bonds is 2. The molecule has 1 N–H and O–H groups in total. The molecule has 0 atom stereocenters. The molecule has 0 amide bonds. The number of carboxylic acid groups (broad SMARTS) is 1. The molecule has 0 saturated heterocycles. The van der Waals surface area contributed by atoms with Gasteiger partial charge < -0.3 is 5.11 Å². The first kappa shape index (κ1) is 15.7. The van der Waals surface area contributed by atoms with E-state index in [1.54, 1.807) is 23.6 Å². The number of aryl methyl sites for hydroxylation is 1. The van der Waals surface area contributed by atoms with Crippen LogP contribution in [0.4, 0.5) is 4.39 Å². The van der Waals surface area contributed by atoms with E-state index < -0.39 is 5.97 Å². The highest BCUT2D eigenvalue weighted by Gasteiger charge is 2.25. The van der Waals surface area contributed by atoms with E-state index in [0.717, 1.165) is 16.9 Å². The molecule has 0 fully saturated rings. The molecule has 1 aromatic carbocycles. The van der Waals surface area contributed by atoms with E-state index in [1.807, 2.05) is 6.08 Å². The summed E-state index contributed by atoms with van der Waals surface area (Å²) in [7, 11) is 0. The predicted octanol–water partition coefficient (Wildman–Crippen LogP) is 3.55. The van der Waals surface area contributed by atoms with Crippen LogP contribution in [-0.2, 0) is 6.54 Å². The van der Waals surface area contributed by atoms with Crippen molar-refractivity contribution in [2.75, 3.05) is 0 Å². The monoisotopic (exact) mass is 356 g/mol. The van der Waals surface area contributed by atoms with E-state index >= 15 is 0 Å². The van der Waals surface area contributed by atoms with E-state index in [4.69, 9.17) is 0 Å². The molecule has 4 rings (SSSR count). The number of carboxylic acids is 1. The largest absolute Gasteiger partial charge is 0.477 e. The molecule has 1 aliphatic heterocycles. The van der Waals surface area contributed by atoms with Gasteiger partial charge in [-0.05, 0) is 48.3 Å². The highest BCUT2D eigenvalue weighted by Crippen LogP contribution is 2.32. The first-order valence-electron chi connectivity index (χ1n) is 7.69. The van der Waals surface area contributed by atoms with E-state index in [2.05, 4.69) is 4.98 Å². The zero-order valence-electron chi connectivity index (χ0n) is 13.2. The topological polar surface area (TPSA) is 72.2 Å². The van der Waals surface area contributed by atoms with Gasteiger partial charge in [-0.1, -0.05) is 12.1 Å². The fourth-order valence-corrected chi connectivity index (χ4v) is 4.16. The molecule has 0 spiro atoms. The van der Waals surface area contributed by atoms with Crippen molar-refractivity contribution >= 4 is 39.2 Å². The van der Waals surface area contributed by atoms with Crippen LogP contribution in [0.1, 0.15) is 33.0 Å². The molecule has 0 unspecified atom stereocenters. The number of hydrogen-bond donors (Lipinski definition) is 1. The van der Waals surface area contributed by atoms with Crippen LogP contribution in [-0.4, -0.2) is 20.6 Å². The molecule has 3 heterocycles. The van der Waals surface area contributed by atoms with E-state index in [-0.39, 0.29) is 16.3 Å². The van der Waals surface area contributed by atoms with Crippen molar-refractivity contribution in [1.29, 1.82) is 0 Å². The van der Waals surface area contributed by atoms with Crippen LogP contribution in [0.5, 0.6) is 0 Å². The summed E-state index contributed by atoms with van der Waals surface area (Å²) in [4.78, 5) is 29.2. The third-order valence-corrected chi connectivity index (χ3v) is 5.50. The molecule has 0 aliphatic carbocycles. The maximum absolute atomic E-state index is 13.4. The lowest BCUT2D eigenvalue weighted by atomic mass is 10.1. The molecule has 0 saturated carbocycles. The first-order valence-corrected chi connectivity index (χ1v) is 8.51. The van der Waals surface area contributed by atoms with Gasteiger partial charge in [0.2, 0.25) is 0 Å². The van der Waals surface area contributed by atoms with Crippen molar-refractivity contribution < 1.29 is 14.3 Å². The molecular formula is C18H13FN2O3S. The fourth-order valence-electron chi connectivity index (χ4n) is 3.15. The number of carbonyl (C=O) groups is 1. The number of aromatic nitrogens is 2. The first-order chi connectivity index (χ1) is 12.0. The molecule has 5 nitrogen and oxygen atoms in total. The van der Waals surface area contributed by atoms with Crippen molar-refractivity contribution in [3.05, 3.63) is 62.3 Å². The average molecular weight is 356 g/mol. The Morgan fingerprint density at radius 1 is 1.44 bits per heavy atom. The lowest BCUT2D eigenvalue weighted by Gasteiger charge is -2.03. The minimum Gasteiger partial charge on any atom is -0.477 e. The van der Waals surface area contributed by atoms with Crippen molar-refractivity contribution in [3.63, 3.8) is 0 Å². The van der Waals surface area contributed by atoms with Crippen LogP contribution in [0.15, 0.2) is 29.1 Å². The molecule has 2 aromatic heterocycles. The van der Waals surface area contributed by atoms with Gasteiger partial charge in [-0.3, -0.25) is 9.36 Å². The van der Waals surface area contributed by atoms with Crippen LogP contribution in [0.25, 0.3) is 21.9 Å². The van der Waals surface area contributed by atoms with Gasteiger partial charge in [0.05, 0.1) is 5.39 Å². The van der Waals surface area contributed by atoms with Gasteiger partial charge in [0.25, 0.3) is 5.56 Å². The molecule has 0 bridgehead atoms. The van der Waals surface area contributed by atoms with Crippen molar-refractivity contribution in [3.8, 4) is 0 Å². The standard InChI is InChI=1S/C18H13FN2O3S/c1-9-13-16(25-14(9)18(23)24)20-15-11(5-6-21(15)17(13)22)7-10-3-2-4-12(19)8-10/h2-4,7-8H,5-6H2,1H3,(H,23,24)/b11-7+. The summed E-state index contributed by atoms with van der Waals surface area (Å²) in [5.41, 5.74) is 1.78. The quantitative estimate of drug-likeness (QED) is 0.762. The highest BCUT2D eigenvalue weighted by atomic mass is 32.1. The summed E-state index contributed by atoms with van der Waals surface area (Å²) in [6.07, 6.45) is 2.44. The normalized spacial score (nSPS) is 15.0. The maximum atomic E-state index is 13.4. The van der Waals surface area contributed by atoms with Crippen molar-refractivity contribution in [2.24, 2.45) is 0 Å². The number of allylic oxidation sites excluding steroid dienone is 1. The Kier molecular flexibility index (Phi) is 3.54. The van der Waals surface area contributed by atoms with Crippen molar-refractivity contribution in [2.45, 2.75) is 19.9 Å². The van der Waals surface area contributed by atoms with Gasteiger partial charge in [0.15, 0.2) is 0 Å². The predicted molar refractivity (Wildman–Crippen MR) is 94.5 cm³/mol. The third-order valence-electron chi connectivity index (χ3n) is 4.33. The number of aromatic carboxylic acids is 1.